The second-order valence-electron chi connectivity index (χ2n) is 3.52. The highest BCUT2D eigenvalue weighted by Crippen LogP contribution is 2.16. The average molecular weight is 216 g/mol. The number of carbonyl (C=O) groups is 1. The first-order valence-electron chi connectivity index (χ1n) is 4.88. The van der Waals surface area contributed by atoms with Gasteiger partial charge in [-0.2, -0.15) is 5.10 Å². The van der Waals surface area contributed by atoms with E-state index in [9.17, 15) is 4.79 Å². The normalized spacial score (nSPS) is 10.3. The third kappa shape index (κ3) is 2.08. The molecule has 0 atom stereocenters. The van der Waals surface area contributed by atoms with Crippen LogP contribution in [-0.4, -0.2) is 20.7 Å². The van der Waals surface area contributed by atoms with Gasteiger partial charge in [0.15, 0.2) is 0 Å². The van der Waals surface area contributed by atoms with E-state index >= 15 is 0 Å². The fraction of sp³-hybridized carbons (Fsp3) is 0.182. The molecule has 82 valence electrons. The number of nitrogens with two attached hydrogens (primary N) is 1. The van der Waals surface area contributed by atoms with E-state index in [1.165, 1.54) is 0 Å². The van der Waals surface area contributed by atoms with Crippen LogP contribution >= 0.6 is 0 Å². The number of aryl methyl sites for hydroxylation is 1. The largest absolute Gasteiger partial charge is 0.369 e. The van der Waals surface area contributed by atoms with Gasteiger partial charge < -0.3 is 5.73 Å². The molecule has 16 heavy (non-hydrogen) atoms. The lowest BCUT2D eigenvalue weighted by Crippen LogP contribution is -2.14. The van der Waals surface area contributed by atoms with Gasteiger partial charge in [0.1, 0.15) is 0 Å². The molecule has 5 heteroatoms. The fourth-order valence-corrected chi connectivity index (χ4v) is 1.52. The summed E-state index contributed by atoms with van der Waals surface area (Å²) >= 11 is 0. The summed E-state index contributed by atoms with van der Waals surface area (Å²) in [5.41, 5.74) is 7.72. The van der Waals surface area contributed by atoms with Crippen LogP contribution < -0.4 is 5.73 Å². The van der Waals surface area contributed by atoms with E-state index in [0.717, 1.165) is 11.3 Å². The van der Waals surface area contributed by atoms with Crippen LogP contribution in [0.2, 0.25) is 0 Å². The highest BCUT2D eigenvalue weighted by molar-refractivity contribution is 5.76. The summed E-state index contributed by atoms with van der Waals surface area (Å²) in [5.74, 6) is -0.374. The van der Waals surface area contributed by atoms with E-state index < -0.39 is 0 Å². The van der Waals surface area contributed by atoms with Crippen molar-refractivity contribution < 1.29 is 4.79 Å². The number of hydrogen-bond acceptors (Lipinski definition) is 3. The summed E-state index contributed by atoms with van der Waals surface area (Å²) in [6.07, 6.45) is 3.62. The Hall–Kier alpha value is -2.17. The Morgan fingerprint density at radius 2 is 2.25 bits per heavy atom. The van der Waals surface area contributed by atoms with Crippen LogP contribution in [0.15, 0.2) is 30.6 Å². The van der Waals surface area contributed by atoms with Gasteiger partial charge in [-0.15, -0.1) is 0 Å². The average Bonchev–Trinajstić information content (AvgIpc) is 2.65. The Labute approximate surface area is 92.9 Å². The predicted octanol–water partition coefficient (Wildman–Crippen LogP) is 0.510. The molecule has 0 fully saturated rings. The monoisotopic (exact) mass is 216 g/mol. The van der Waals surface area contributed by atoms with E-state index in [1.54, 1.807) is 23.1 Å². The first kappa shape index (κ1) is 10.4. The quantitative estimate of drug-likeness (QED) is 0.812. The van der Waals surface area contributed by atoms with Crippen LogP contribution in [0, 0.1) is 0 Å². The summed E-state index contributed by atoms with van der Waals surface area (Å²) in [5, 5.41) is 4.08. The Morgan fingerprint density at radius 1 is 1.44 bits per heavy atom. The summed E-state index contributed by atoms with van der Waals surface area (Å²) in [6, 6.07) is 5.61. The third-order valence-corrected chi connectivity index (χ3v) is 2.30. The molecule has 5 nitrogen and oxygen atoms in total. The molecule has 2 rings (SSSR count). The molecule has 0 saturated heterocycles. The molecule has 0 aliphatic carbocycles. The molecule has 0 spiro atoms. The SMILES string of the molecule is Cn1nccc1-c1ccc(CC(N)=O)nc1. The van der Waals surface area contributed by atoms with Gasteiger partial charge in [-0.05, 0) is 18.2 Å². The number of hydrogen-bond donors (Lipinski definition) is 1. The van der Waals surface area contributed by atoms with Gasteiger partial charge in [0, 0.05) is 30.7 Å². The minimum absolute atomic E-state index is 0.172. The second kappa shape index (κ2) is 4.14. The number of amides is 1. The van der Waals surface area contributed by atoms with Crippen LogP contribution in [-0.2, 0) is 18.3 Å². The molecular formula is C11H12N4O. The van der Waals surface area contributed by atoms with Gasteiger partial charge >= 0.3 is 0 Å². The van der Waals surface area contributed by atoms with Gasteiger partial charge in [0.2, 0.25) is 5.91 Å². The molecular weight excluding hydrogens is 204 g/mol. The van der Waals surface area contributed by atoms with Gasteiger partial charge in [-0.1, -0.05) is 0 Å². The van der Waals surface area contributed by atoms with Crippen molar-refractivity contribution in [1.29, 1.82) is 0 Å². The molecule has 0 saturated carbocycles. The maximum Gasteiger partial charge on any atom is 0.223 e. The zero-order chi connectivity index (χ0) is 11.5. The van der Waals surface area contributed by atoms with Gasteiger partial charge in [0.05, 0.1) is 12.1 Å². The molecule has 0 unspecified atom stereocenters. The van der Waals surface area contributed by atoms with Crippen LogP contribution in [0.4, 0.5) is 0 Å². The number of carbonyl (C=O) groups excluding carboxylic acids is 1. The summed E-state index contributed by atoms with van der Waals surface area (Å²) < 4.78 is 1.77. The van der Waals surface area contributed by atoms with Crippen molar-refractivity contribution in [3.05, 3.63) is 36.3 Å². The maximum atomic E-state index is 10.7. The van der Waals surface area contributed by atoms with Crippen molar-refractivity contribution in [2.75, 3.05) is 0 Å². The first-order valence-corrected chi connectivity index (χ1v) is 4.88. The number of aromatic nitrogens is 3. The number of pyridine rings is 1. The topological polar surface area (TPSA) is 73.8 Å². The lowest BCUT2D eigenvalue weighted by molar-refractivity contribution is -0.117. The third-order valence-electron chi connectivity index (χ3n) is 2.30. The molecule has 2 heterocycles. The van der Waals surface area contributed by atoms with Crippen molar-refractivity contribution in [2.45, 2.75) is 6.42 Å². The Balaban J connectivity index is 2.26. The molecule has 2 aromatic rings. The predicted molar refractivity (Wildman–Crippen MR) is 59.3 cm³/mol. The Morgan fingerprint density at radius 3 is 2.75 bits per heavy atom. The zero-order valence-electron chi connectivity index (χ0n) is 8.92. The van der Waals surface area contributed by atoms with Crippen molar-refractivity contribution in [1.82, 2.24) is 14.8 Å². The molecule has 0 aliphatic rings. The molecule has 0 radical (unpaired) electrons. The fourth-order valence-electron chi connectivity index (χ4n) is 1.52. The second-order valence-corrected chi connectivity index (χ2v) is 3.52. The van der Waals surface area contributed by atoms with Crippen LogP contribution in [0.5, 0.6) is 0 Å². The van der Waals surface area contributed by atoms with Crippen molar-refractivity contribution >= 4 is 5.91 Å². The molecule has 0 bridgehead atoms. The van der Waals surface area contributed by atoms with Crippen LogP contribution in [0.3, 0.4) is 0 Å². The van der Waals surface area contributed by atoms with E-state index in [0.29, 0.717) is 5.69 Å². The molecule has 1 amide bonds. The van der Waals surface area contributed by atoms with E-state index in [-0.39, 0.29) is 12.3 Å². The molecule has 2 aromatic heterocycles. The van der Waals surface area contributed by atoms with Crippen molar-refractivity contribution in [3.8, 4) is 11.3 Å². The van der Waals surface area contributed by atoms with Crippen molar-refractivity contribution in [2.24, 2.45) is 12.8 Å². The highest BCUT2D eigenvalue weighted by Gasteiger charge is 2.04. The number of nitrogens with zero attached hydrogens (tertiary/aromatic N) is 3. The van der Waals surface area contributed by atoms with Crippen LogP contribution in [0.1, 0.15) is 5.69 Å². The van der Waals surface area contributed by atoms with E-state index in [2.05, 4.69) is 10.1 Å². The summed E-state index contributed by atoms with van der Waals surface area (Å²) in [6.45, 7) is 0. The van der Waals surface area contributed by atoms with Gasteiger partial charge in [-0.3, -0.25) is 14.5 Å². The summed E-state index contributed by atoms with van der Waals surface area (Å²) in [4.78, 5) is 14.9. The van der Waals surface area contributed by atoms with Crippen molar-refractivity contribution in [3.63, 3.8) is 0 Å². The standard InChI is InChI=1S/C11H12N4O/c1-15-10(4-5-14-15)8-2-3-9(13-7-8)6-11(12)16/h2-5,7H,6H2,1H3,(H2,12,16). The molecule has 0 aliphatic heterocycles. The number of primary amides is 1. The van der Waals surface area contributed by atoms with Crippen LogP contribution in [0.25, 0.3) is 11.3 Å². The minimum Gasteiger partial charge on any atom is -0.369 e. The van der Waals surface area contributed by atoms with E-state index in [4.69, 9.17) is 5.73 Å². The summed E-state index contributed by atoms with van der Waals surface area (Å²) in [7, 11) is 1.87. The number of rotatable bonds is 3. The molecule has 2 N–H and O–H groups in total. The lowest BCUT2D eigenvalue weighted by atomic mass is 10.2. The lowest BCUT2D eigenvalue weighted by Gasteiger charge is -2.02. The molecule has 0 aromatic carbocycles. The Kier molecular flexibility index (Phi) is 2.68. The minimum atomic E-state index is -0.374. The maximum absolute atomic E-state index is 10.7. The first-order chi connectivity index (χ1) is 7.66. The Bertz CT molecular complexity index is 501. The van der Waals surface area contributed by atoms with E-state index in [1.807, 2.05) is 19.2 Å². The van der Waals surface area contributed by atoms with Gasteiger partial charge in [-0.25, -0.2) is 0 Å². The smallest absolute Gasteiger partial charge is 0.223 e. The highest BCUT2D eigenvalue weighted by atomic mass is 16.1. The zero-order valence-corrected chi connectivity index (χ0v) is 8.92. The van der Waals surface area contributed by atoms with Gasteiger partial charge in [0.25, 0.3) is 0 Å².